The van der Waals surface area contributed by atoms with Crippen LogP contribution in [0.2, 0.25) is 0 Å². The number of nitrogens with one attached hydrogen (secondary N) is 1. The number of hydrogen-bond donors (Lipinski definition) is 2. The molecule has 2 heterocycles. The van der Waals surface area contributed by atoms with E-state index in [-0.39, 0.29) is 17.1 Å². The maximum Gasteiger partial charge on any atom is 0.278 e. The molecule has 4 rings (SSSR count). The Hall–Kier alpha value is -2.25. The second kappa shape index (κ2) is 8.41. The van der Waals surface area contributed by atoms with E-state index >= 15 is 0 Å². The number of carbonyl (C=O) groups is 1. The molecule has 2 fully saturated rings. The van der Waals surface area contributed by atoms with Gasteiger partial charge < -0.3 is 19.8 Å². The van der Waals surface area contributed by atoms with E-state index in [0.717, 1.165) is 37.6 Å². The summed E-state index contributed by atoms with van der Waals surface area (Å²) in [5.41, 5.74) is 1.45. The van der Waals surface area contributed by atoms with Crippen LogP contribution >= 0.6 is 11.8 Å². The summed E-state index contributed by atoms with van der Waals surface area (Å²) in [6.45, 7) is 4.37. The molecule has 0 bridgehead atoms. The largest absolute Gasteiger partial charge is 0.506 e. The zero-order valence-electron chi connectivity index (χ0n) is 15.7. The highest BCUT2D eigenvalue weighted by Crippen LogP contribution is 2.38. The van der Waals surface area contributed by atoms with Gasteiger partial charge in [0.05, 0.1) is 31.9 Å². The molecule has 0 spiro atoms. The molecule has 2 aliphatic heterocycles. The molecule has 0 saturated carbocycles. The van der Waals surface area contributed by atoms with E-state index in [1.165, 1.54) is 11.0 Å². The number of phenols is 1. The first-order valence-corrected chi connectivity index (χ1v) is 10.7. The molecule has 2 aliphatic rings. The zero-order chi connectivity index (χ0) is 19.5. The molecule has 5 nitrogen and oxygen atoms in total. The summed E-state index contributed by atoms with van der Waals surface area (Å²) in [5.74, 6) is 0.970. The predicted molar refractivity (Wildman–Crippen MR) is 109 cm³/mol. The normalized spacial score (nSPS) is 20.5. The van der Waals surface area contributed by atoms with Crippen molar-refractivity contribution in [2.75, 3.05) is 49.9 Å². The second-order valence-electron chi connectivity index (χ2n) is 7.23. The molecule has 2 aromatic rings. The number of para-hydroxylation sites is 2. The monoisotopic (exact) mass is 402 g/mol. The Labute approximate surface area is 168 Å². The number of thioether (sulfide) groups is 1. The summed E-state index contributed by atoms with van der Waals surface area (Å²) in [5, 5.41) is 9.81. The lowest BCUT2D eigenvalue weighted by Gasteiger charge is -2.34. The molecule has 2 N–H and O–H groups in total. The van der Waals surface area contributed by atoms with Gasteiger partial charge >= 0.3 is 0 Å². The van der Waals surface area contributed by atoms with Crippen molar-refractivity contribution < 1.29 is 19.2 Å². The van der Waals surface area contributed by atoms with Gasteiger partial charge in [0.2, 0.25) is 0 Å². The fraction of sp³-hybridized carbons (Fsp3) is 0.381. The number of hydrogen-bond acceptors (Lipinski definition) is 4. The number of nitrogens with zero attached hydrogens (tertiary/aromatic N) is 2. The fourth-order valence-corrected chi connectivity index (χ4v) is 5.25. The summed E-state index contributed by atoms with van der Waals surface area (Å²) in [6.07, 6.45) is 0. The minimum Gasteiger partial charge on any atom is -0.506 e. The number of carbonyl (C=O) groups excluding carboxylic acids is 1. The van der Waals surface area contributed by atoms with Gasteiger partial charge in [0.25, 0.3) is 5.91 Å². The van der Waals surface area contributed by atoms with Crippen molar-refractivity contribution in [3.63, 3.8) is 0 Å². The third kappa shape index (κ3) is 3.95. The Morgan fingerprint density at radius 2 is 1.82 bits per heavy atom. The molecule has 2 saturated heterocycles. The van der Waals surface area contributed by atoms with Crippen LogP contribution in [-0.4, -0.2) is 60.9 Å². The highest BCUT2D eigenvalue weighted by atomic mass is 32.2. The molecule has 1 amide bonds. The smallest absolute Gasteiger partial charge is 0.278 e. The number of quaternary nitrogens is 1. The van der Waals surface area contributed by atoms with E-state index < -0.39 is 0 Å². The zero-order valence-corrected chi connectivity index (χ0v) is 16.5. The maximum absolute atomic E-state index is 14.2. The Bertz CT molecular complexity index is 842. The highest BCUT2D eigenvalue weighted by Gasteiger charge is 2.34. The van der Waals surface area contributed by atoms with Crippen molar-refractivity contribution in [3.05, 3.63) is 59.9 Å². The van der Waals surface area contributed by atoms with Crippen LogP contribution in [0.4, 0.5) is 10.1 Å². The quantitative estimate of drug-likeness (QED) is 0.814. The lowest BCUT2D eigenvalue weighted by molar-refractivity contribution is -0.892. The molecule has 28 heavy (non-hydrogen) atoms. The van der Waals surface area contributed by atoms with Gasteiger partial charge in [-0.15, -0.1) is 11.8 Å². The Balaban J connectivity index is 1.36. The van der Waals surface area contributed by atoms with Gasteiger partial charge in [-0.1, -0.05) is 30.3 Å². The number of phenolic OH excluding ortho intramolecular Hbond substituents is 1. The van der Waals surface area contributed by atoms with E-state index in [0.29, 0.717) is 24.4 Å². The van der Waals surface area contributed by atoms with Gasteiger partial charge in [-0.05, 0) is 18.2 Å². The molecule has 1 atom stereocenters. The fourth-order valence-electron chi connectivity index (χ4n) is 3.95. The first-order valence-electron chi connectivity index (χ1n) is 9.65. The first-order chi connectivity index (χ1) is 13.6. The minimum atomic E-state index is -0.247. The van der Waals surface area contributed by atoms with E-state index in [9.17, 15) is 14.3 Å². The van der Waals surface area contributed by atoms with E-state index in [1.807, 2.05) is 29.2 Å². The topological polar surface area (TPSA) is 48.2 Å². The van der Waals surface area contributed by atoms with E-state index in [1.54, 1.807) is 30.0 Å². The Morgan fingerprint density at radius 1 is 1.11 bits per heavy atom. The van der Waals surface area contributed by atoms with Crippen LogP contribution in [0.1, 0.15) is 10.9 Å². The molecule has 148 valence electrons. The van der Waals surface area contributed by atoms with Crippen LogP contribution in [0.15, 0.2) is 48.5 Å². The van der Waals surface area contributed by atoms with Crippen molar-refractivity contribution in [2.24, 2.45) is 0 Å². The number of anilines is 1. The van der Waals surface area contributed by atoms with Crippen molar-refractivity contribution in [2.45, 2.75) is 5.37 Å². The SMILES string of the molecule is O=C(C[NH+]1CCN(c2ccccc2O)CC1)N1CCS[C@@H]1c1ccccc1F. The van der Waals surface area contributed by atoms with Crippen molar-refractivity contribution >= 4 is 23.4 Å². The Morgan fingerprint density at radius 3 is 2.57 bits per heavy atom. The van der Waals surface area contributed by atoms with Gasteiger partial charge in [0, 0.05) is 17.9 Å². The number of halogens is 1. The number of benzene rings is 2. The lowest BCUT2D eigenvalue weighted by atomic mass is 10.2. The van der Waals surface area contributed by atoms with Gasteiger partial charge in [-0.3, -0.25) is 4.79 Å². The van der Waals surface area contributed by atoms with Crippen LogP contribution in [0.3, 0.4) is 0 Å². The average Bonchev–Trinajstić information content (AvgIpc) is 3.19. The number of amides is 1. The van der Waals surface area contributed by atoms with Crippen molar-refractivity contribution in [1.29, 1.82) is 0 Å². The van der Waals surface area contributed by atoms with Crippen molar-refractivity contribution in [3.8, 4) is 5.75 Å². The molecule has 2 aromatic carbocycles. The summed E-state index contributed by atoms with van der Waals surface area (Å²) < 4.78 is 14.2. The molecular formula is C21H25FN3O2S+. The summed E-state index contributed by atoms with van der Waals surface area (Å²) in [7, 11) is 0. The first kappa shape index (κ1) is 19.1. The van der Waals surface area contributed by atoms with Crippen LogP contribution in [0.25, 0.3) is 0 Å². The Kier molecular flexibility index (Phi) is 5.73. The van der Waals surface area contributed by atoms with Crippen molar-refractivity contribution in [1.82, 2.24) is 4.90 Å². The summed E-state index contributed by atoms with van der Waals surface area (Å²) in [6, 6.07) is 14.1. The summed E-state index contributed by atoms with van der Waals surface area (Å²) >= 11 is 1.63. The minimum absolute atomic E-state index is 0.0873. The van der Waals surface area contributed by atoms with E-state index in [4.69, 9.17) is 0 Å². The molecular weight excluding hydrogens is 377 g/mol. The number of aromatic hydroxyl groups is 1. The second-order valence-corrected chi connectivity index (χ2v) is 8.42. The van der Waals surface area contributed by atoms with Crippen LogP contribution in [0, 0.1) is 5.82 Å². The molecule has 0 aromatic heterocycles. The van der Waals surface area contributed by atoms with Gasteiger partial charge in [-0.25, -0.2) is 4.39 Å². The van der Waals surface area contributed by atoms with E-state index in [2.05, 4.69) is 4.90 Å². The third-order valence-corrected chi connectivity index (χ3v) is 6.72. The lowest BCUT2D eigenvalue weighted by Crippen LogP contribution is -3.15. The third-order valence-electron chi connectivity index (χ3n) is 5.48. The maximum atomic E-state index is 14.2. The molecule has 0 unspecified atom stereocenters. The standard InChI is InChI=1S/C21H24FN3O2S/c22-17-6-2-1-5-16(17)21-25(13-14-28-21)20(27)15-23-9-11-24(12-10-23)18-7-3-4-8-19(18)26/h1-8,21,26H,9-15H2/p+1/t21-/m1/s1. The number of piperazine rings is 1. The van der Waals surface area contributed by atoms with Crippen LogP contribution in [-0.2, 0) is 4.79 Å². The average molecular weight is 403 g/mol. The molecule has 0 radical (unpaired) electrons. The molecule has 0 aliphatic carbocycles. The molecule has 7 heteroatoms. The predicted octanol–water partition coefficient (Wildman–Crippen LogP) is 1.51. The number of rotatable bonds is 4. The van der Waals surface area contributed by atoms with Crippen LogP contribution in [0.5, 0.6) is 5.75 Å². The van der Waals surface area contributed by atoms with Crippen LogP contribution < -0.4 is 9.80 Å². The van der Waals surface area contributed by atoms with Gasteiger partial charge in [-0.2, -0.15) is 0 Å². The van der Waals surface area contributed by atoms with Gasteiger partial charge in [0.1, 0.15) is 16.9 Å². The summed E-state index contributed by atoms with van der Waals surface area (Å²) in [4.78, 5) is 18.2. The highest BCUT2D eigenvalue weighted by molar-refractivity contribution is 7.99. The van der Waals surface area contributed by atoms with Gasteiger partial charge in [0.15, 0.2) is 6.54 Å².